The van der Waals surface area contributed by atoms with E-state index < -0.39 is 5.82 Å². The van der Waals surface area contributed by atoms with Crippen molar-refractivity contribution in [3.8, 4) is 5.75 Å². The van der Waals surface area contributed by atoms with E-state index in [9.17, 15) is 9.18 Å². The van der Waals surface area contributed by atoms with Gasteiger partial charge >= 0.3 is 0 Å². The van der Waals surface area contributed by atoms with Crippen molar-refractivity contribution >= 4 is 17.3 Å². The van der Waals surface area contributed by atoms with Gasteiger partial charge in [-0.1, -0.05) is 6.92 Å². The number of nitrogens with two attached hydrogens (primary N) is 1. The van der Waals surface area contributed by atoms with Gasteiger partial charge in [-0.05, 0) is 13.3 Å². The molecular formula is C14H20FN3O2. The minimum Gasteiger partial charge on any atom is -0.491 e. The Hall–Kier alpha value is -1.98. The van der Waals surface area contributed by atoms with Crippen LogP contribution < -0.4 is 20.7 Å². The molecule has 1 aromatic carbocycles. The molecule has 5 nitrogen and oxygen atoms in total. The van der Waals surface area contributed by atoms with Crippen molar-refractivity contribution < 1.29 is 13.9 Å². The van der Waals surface area contributed by atoms with Crippen LogP contribution in [-0.2, 0) is 4.79 Å². The summed E-state index contributed by atoms with van der Waals surface area (Å²) >= 11 is 0. The van der Waals surface area contributed by atoms with Crippen LogP contribution in [0.15, 0.2) is 12.1 Å². The molecule has 1 unspecified atom stereocenters. The Balaban J connectivity index is 2.39. The van der Waals surface area contributed by atoms with Gasteiger partial charge in [-0.25, -0.2) is 4.39 Å². The van der Waals surface area contributed by atoms with Gasteiger partial charge in [0.05, 0.1) is 18.0 Å². The number of benzene rings is 1. The third kappa shape index (κ3) is 2.64. The minimum absolute atomic E-state index is 0.0274. The van der Waals surface area contributed by atoms with Crippen LogP contribution in [0.3, 0.4) is 0 Å². The van der Waals surface area contributed by atoms with E-state index in [1.165, 1.54) is 6.07 Å². The first-order valence-corrected chi connectivity index (χ1v) is 6.84. The summed E-state index contributed by atoms with van der Waals surface area (Å²) < 4.78 is 19.0. The smallest absolute Gasteiger partial charge is 0.242 e. The number of ether oxygens (including phenoxy) is 1. The molecule has 1 aromatic rings. The van der Waals surface area contributed by atoms with Crippen LogP contribution in [-0.4, -0.2) is 31.6 Å². The lowest BCUT2D eigenvalue weighted by atomic mass is 10.1. The molecule has 0 radical (unpaired) electrons. The van der Waals surface area contributed by atoms with Gasteiger partial charge in [-0.2, -0.15) is 0 Å². The average molecular weight is 281 g/mol. The molecular weight excluding hydrogens is 261 g/mol. The van der Waals surface area contributed by atoms with E-state index in [0.717, 1.165) is 0 Å². The summed E-state index contributed by atoms with van der Waals surface area (Å²) in [5.41, 5.74) is 6.88. The Morgan fingerprint density at radius 2 is 2.25 bits per heavy atom. The highest BCUT2D eigenvalue weighted by Crippen LogP contribution is 2.33. The summed E-state index contributed by atoms with van der Waals surface area (Å²) in [6.07, 6.45) is 0.659. The van der Waals surface area contributed by atoms with Gasteiger partial charge in [0.25, 0.3) is 0 Å². The number of carbonyl (C=O) groups excluding carboxylic acids is 1. The highest BCUT2D eigenvalue weighted by atomic mass is 19.1. The fraction of sp³-hybridized carbons (Fsp3) is 0.500. The molecule has 110 valence electrons. The van der Waals surface area contributed by atoms with Crippen LogP contribution in [0.1, 0.15) is 20.3 Å². The largest absolute Gasteiger partial charge is 0.491 e. The lowest BCUT2D eigenvalue weighted by Gasteiger charge is -2.37. The zero-order valence-corrected chi connectivity index (χ0v) is 11.8. The van der Waals surface area contributed by atoms with Crippen molar-refractivity contribution in [3.05, 3.63) is 17.9 Å². The van der Waals surface area contributed by atoms with Crippen molar-refractivity contribution in [2.75, 3.05) is 30.3 Å². The van der Waals surface area contributed by atoms with Crippen molar-refractivity contribution in [1.82, 2.24) is 5.32 Å². The summed E-state index contributed by atoms with van der Waals surface area (Å²) in [7, 11) is 0. The number of nitrogen functional groups attached to an aromatic ring is 1. The van der Waals surface area contributed by atoms with Crippen molar-refractivity contribution in [2.45, 2.75) is 26.3 Å². The molecule has 1 saturated heterocycles. The maximum atomic E-state index is 13.7. The third-order valence-electron chi connectivity index (χ3n) is 3.41. The highest BCUT2D eigenvalue weighted by Gasteiger charge is 2.30. The van der Waals surface area contributed by atoms with E-state index in [1.807, 2.05) is 11.8 Å². The molecule has 1 fully saturated rings. The normalized spacial score (nSPS) is 18.9. The second-order valence-corrected chi connectivity index (χ2v) is 4.68. The van der Waals surface area contributed by atoms with Crippen molar-refractivity contribution in [3.63, 3.8) is 0 Å². The summed E-state index contributed by atoms with van der Waals surface area (Å²) in [4.78, 5) is 13.8. The third-order valence-corrected chi connectivity index (χ3v) is 3.41. The number of nitrogens with one attached hydrogen (secondary N) is 1. The maximum absolute atomic E-state index is 13.7. The zero-order valence-electron chi connectivity index (χ0n) is 11.8. The van der Waals surface area contributed by atoms with Crippen molar-refractivity contribution in [2.24, 2.45) is 0 Å². The van der Waals surface area contributed by atoms with Crippen LogP contribution in [0.4, 0.5) is 15.8 Å². The van der Waals surface area contributed by atoms with Crippen LogP contribution in [0.5, 0.6) is 5.75 Å². The highest BCUT2D eigenvalue weighted by molar-refractivity contribution is 5.88. The predicted octanol–water partition coefficient (Wildman–Crippen LogP) is 1.52. The first-order chi connectivity index (χ1) is 9.58. The molecule has 3 N–H and O–H groups in total. The molecule has 1 atom stereocenters. The molecule has 20 heavy (non-hydrogen) atoms. The SMILES string of the molecule is CCOc1cc(N2CCNC(=O)C2CC)c(N)cc1F. The number of piperazine rings is 1. The molecule has 0 saturated carbocycles. The molecule has 1 aliphatic rings. The number of amides is 1. The van der Waals surface area contributed by atoms with Crippen LogP contribution >= 0.6 is 0 Å². The minimum atomic E-state index is -0.484. The molecule has 1 aliphatic heterocycles. The summed E-state index contributed by atoms with van der Waals surface area (Å²) in [6, 6.07) is 2.54. The van der Waals surface area contributed by atoms with Crippen molar-refractivity contribution in [1.29, 1.82) is 0 Å². The summed E-state index contributed by atoms with van der Waals surface area (Å²) in [5, 5.41) is 2.83. The molecule has 0 bridgehead atoms. The van der Waals surface area contributed by atoms with Crippen LogP contribution in [0.25, 0.3) is 0 Å². The van der Waals surface area contributed by atoms with E-state index in [-0.39, 0.29) is 17.7 Å². The van der Waals surface area contributed by atoms with E-state index in [4.69, 9.17) is 10.5 Å². The molecule has 6 heteroatoms. The molecule has 1 amide bonds. The standard InChI is InChI=1S/C14H20FN3O2/c1-3-11-14(19)17-5-6-18(11)12-8-13(20-4-2)9(15)7-10(12)16/h7-8,11H,3-6,16H2,1-2H3,(H,17,19). The number of anilines is 2. The van der Waals surface area contributed by atoms with Gasteiger partial charge < -0.3 is 20.7 Å². The summed E-state index contributed by atoms with van der Waals surface area (Å²) in [6.45, 7) is 5.30. The Bertz CT molecular complexity index is 507. The Morgan fingerprint density at radius 3 is 2.90 bits per heavy atom. The predicted molar refractivity (Wildman–Crippen MR) is 76.4 cm³/mol. The number of carbonyl (C=O) groups is 1. The number of hydrogen-bond acceptors (Lipinski definition) is 4. The number of rotatable bonds is 4. The van der Waals surface area contributed by atoms with Gasteiger partial charge in [-0.3, -0.25) is 4.79 Å². The second-order valence-electron chi connectivity index (χ2n) is 4.68. The van der Waals surface area contributed by atoms with E-state index in [1.54, 1.807) is 13.0 Å². The quantitative estimate of drug-likeness (QED) is 0.821. The van der Waals surface area contributed by atoms with Crippen LogP contribution in [0.2, 0.25) is 0 Å². The molecule has 2 rings (SSSR count). The monoisotopic (exact) mass is 281 g/mol. The van der Waals surface area contributed by atoms with Gasteiger partial charge in [0.15, 0.2) is 11.6 Å². The molecule has 1 heterocycles. The van der Waals surface area contributed by atoms with Gasteiger partial charge in [0.1, 0.15) is 6.04 Å². The fourth-order valence-corrected chi connectivity index (χ4v) is 2.48. The molecule has 0 aliphatic carbocycles. The Labute approximate surface area is 117 Å². The number of hydrogen-bond donors (Lipinski definition) is 2. The number of halogens is 1. The Kier molecular flexibility index (Phi) is 4.32. The summed E-state index contributed by atoms with van der Waals surface area (Å²) in [5.74, 6) is -0.347. The van der Waals surface area contributed by atoms with Crippen LogP contribution in [0, 0.1) is 5.82 Å². The van der Waals surface area contributed by atoms with E-state index in [2.05, 4.69) is 5.32 Å². The van der Waals surface area contributed by atoms with Gasteiger partial charge in [0, 0.05) is 25.2 Å². The molecule has 0 aromatic heterocycles. The van der Waals surface area contributed by atoms with Gasteiger partial charge in [0.2, 0.25) is 5.91 Å². The van der Waals surface area contributed by atoms with E-state index in [0.29, 0.717) is 37.5 Å². The maximum Gasteiger partial charge on any atom is 0.242 e. The average Bonchev–Trinajstić information content (AvgIpc) is 2.42. The molecule has 0 spiro atoms. The van der Waals surface area contributed by atoms with Gasteiger partial charge in [-0.15, -0.1) is 0 Å². The Morgan fingerprint density at radius 1 is 1.50 bits per heavy atom. The first-order valence-electron chi connectivity index (χ1n) is 6.84. The van der Waals surface area contributed by atoms with E-state index >= 15 is 0 Å². The lowest BCUT2D eigenvalue weighted by molar-refractivity contribution is -0.123. The second kappa shape index (κ2) is 5.98. The fourth-order valence-electron chi connectivity index (χ4n) is 2.48. The topological polar surface area (TPSA) is 67.6 Å². The zero-order chi connectivity index (χ0) is 14.7. The first kappa shape index (κ1) is 14.4. The lowest BCUT2D eigenvalue weighted by Crippen LogP contribution is -2.55. The number of nitrogens with zero attached hydrogens (tertiary/aromatic N) is 1.